The second-order valence-electron chi connectivity index (χ2n) is 4.16. The van der Waals surface area contributed by atoms with Crippen LogP contribution in [0.3, 0.4) is 0 Å². The lowest BCUT2D eigenvalue weighted by Crippen LogP contribution is -2.23. The molecule has 1 heterocycles. The highest BCUT2D eigenvalue weighted by Gasteiger charge is 2.07. The van der Waals surface area contributed by atoms with Crippen LogP contribution in [0, 0.1) is 0 Å². The van der Waals surface area contributed by atoms with E-state index < -0.39 is 0 Å². The van der Waals surface area contributed by atoms with Crippen molar-refractivity contribution in [2.75, 3.05) is 12.8 Å². The Balaban J connectivity index is 2.00. The van der Waals surface area contributed by atoms with Gasteiger partial charge in [-0.3, -0.25) is 4.79 Å². The molecule has 0 fully saturated rings. The number of methoxy groups -OCH3 is 1. The van der Waals surface area contributed by atoms with Gasteiger partial charge in [-0.25, -0.2) is 4.98 Å². The molecule has 0 aliphatic carbocycles. The molecule has 0 aliphatic heterocycles. The first-order chi connectivity index (χ1) is 9.58. The number of aromatic nitrogens is 1. The number of nitrogens with two attached hydrogens (primary N) is 1. The zero-order valence-electron chi connectivity index (χ0n) is 10.9. The number of amides is 1. The van der Waals surface area contributed by atoms with E-state index in [1.54, 1.807) is 37.6 Å². The van der Waals surface area contributed by atoms with Gasteiger partial charge in [-0.15, -0.1) is 0 Å². The molecule has 0 bridgehead atoms. The maximum atomic E-state index is 12.0. The molecular formula is C14H14BrN3O2. The Kier molecular flexibility index (Phi) is 4.57. The van der Waals surface area contributed by atoms with E-state index in [4.69, 9.17) is 10.5 Å². The highest BCUT2D eigenvalue weighted by Crippen LogP contribution is 2.17. The average molecular weight is 336 g/mol. The third-order valence-electron chi connectivity index (χ3n) is 2.64. The van der Waals surface area contributed by atoms with Gasteiger partial charge in [0.25, 0.3) is 5.91 Å². The molecule has 2 rings (SSSR count). The number of hydrogen-bond acceptors (Lipinski definition) is 4. The molecule has 0 aliphatic rings. The number of hydrogen-bond donors (Lipinski definition) is 2. The Hall–Kier alpha value is -2.08. The molecule has 1 aromatic carbocycles. The van der Waals surface area contributed by atoms with E-state index in [0.29, 0.717) is 23.7 Å². The first-order valence-electron chi connectivity index (χ1n) is 5.91. The molecule has 0 unspecified atom stereocenters. The smallest absolute Gasteiger partial charge is 0.251 e. The van der Waals surface area contributed by atoms with Crippen molar-refractivity contribution in [2.24, 2.45) is 0 Å². The number of nitrogens with zero attached hydrogens (tertiary/aromatic N) is 1. The number of halogens is 1. The summed E-state index contributed by atoms with van der Waals surface area (Å²) < 4.78 is 5.74. The van der Waals surface area contributed by atoms with Crippen LogP contribution in [0.4, 0.5) is 5.69 Å². The minimum atomic E-state index is -0.186. The predicted octanol–water partition coefficient (Wildman–Crippen LogP) is 2.36. The van der Waals surface area contributed by atoms with Gasteiger partial charge in [0.1, 0.15) is 0 Å². The Morgan fingerprint density at radius 1 is 1.40 bits per heavy atom. The van der Waals surface area contributed by atoms with Crippen molar-refractivity contribution in [2.45, 2.75) is 6.54 Å². The maximum absolute atomic E-state index is 12.0. The van der Waals surface area contributed by atoms with E-state index in [2.05, 4.69) is 26.2 Å². The molecule has 6 heteroatoms. The van der Waals surface area contributed by atoms with Crippen LogP contribution in [0.15, 0.2) is 41.0 Å². The number of nitrogen functional groups attached to an aromatic ring is 1. The van der Waals surface area contributed by atoms with Gasteiger partial charge in [0, 0.05) is 34.5 Å². The molecule has 0 radical (unpaired) electrons. The van der Waals surface area contributed by atoms with Gasteiger partial charge in [0.2, 0.25) is 5.88 Å². The number of nitrogens with one attached hydrogen (secondary N) is 1. The van der Waals surface area contributed by atoms with Crippen LogP contribution in [-0.4, -0.2) is 18.0 Å². The van der Waals surface area contributed by atoms with E-state index in [0.717, 1.165) is 10.0 Å². The van der Waals surface area contributed by atoms with Crippen LogP contribution in [0.5, 0.6) is 5.88 Å². The number of rotatable bonds is 4. The fraction of sp³-hybridized carbons (Fsp3) is 0.143. The van der Waals surface area contributed by atoms with Gasteiger partial charge in [-0.2, -0.15) is 0 Å². The van der Waals surface area contributed by atoms with Crippen LogP contribution in [0.2, 0.25) is 0 Å². The largest absolute Gasteiger partial charge is 0.481 e. The van der Waals surface area contributed by atoms with Crippen molar-refractivity contribution in [1.82, 2.24) is 10.3 Å². The molecule has 0 saturated heterocycles. The monoisotopic (exact) mass is 335 g/mol. The Labute approximate surface area is 125 Å². The van der Waals surface area contributed by atoms with E-state index >= 15 is 0 Å². The standard InChI is InChI=1S/C14H14BrN3O2/c1-20-13-3-2-9(7-17-13)8-18-14(19)10-4-11(15)6-12(16)5-10/h2-7H,8,16H2,1H3,(H,18,19). The Morgan fingerprint density at radius 2 is 2.20 bits per heavy atom. The molecule has 104 valence electrons. The van der Waals surface area contributed by atoms with Gasteiger partial charge in [-0.1, -0.05) is 22.0 Å². The van der Waals surface area contributed by atoms with Crippen LogP contribution in [0.25, 0.3) is 0 Å². The van der Waals surface area contributed by atoms with Crippen molar-refractivity contribution in [3.05, 3.63) is 52.1 Å². The summed E-state index contributed by atoms with van der Waals surface area (Å²) in [5, 5.41) is 2.81. The molecule has 5 nitrogen and oxygen atoms in total. The summed E-state index contributed by atoms with van der Waals surface area (Å²) in [4.78, 5) is 16.1. The molecule has 0 atom stereocenters. The lowest BCUT2D eigenvalue weighted by molar-refractivity contribution is 0.0951. The average Bonchev–Trinajstić information content (AvgIpc) is 2.44. The predicted molar refractivity (Wildman–Crippen MR) is 80.5 cm³/mol. The number of carbonyl (C=O) groups excluding carboxylic acids is 1. The van der Waals surface area contributed by atoms with Gasteiger partial charge >= 0.3 is 0 Å². The van der Waals surface area contributed by atoms with Gasteiger partial charge in [-0.05, 0) is 23.8 Å². The van der Waals surface area contributed by atoms with Gasteiger partial charge < -0.3 is 15.8 Å². The van der Waals surface area contributed by atoms with Crippen molar-refractivity contribution < 1.29 is 9.53 Å². The highest BCUT2D eigenvalue weighted by atomic mass is 79.9. The highest BCUT2D eigenvalue weighted by molar-refractivity contribution is 9.10. The van der Waals surface area contributed by atoms with Gasteiger partial charge in [0.15, 0.2) is 0 Å². The number of anilines is 1. The van der Waals surface area contributed by atoms with Crippen molar-refractivity contribution in [3.8, 4) is 5.88 Å². The van der Waals surface area contributed by atoms with Crippen LogP contribution in [-0.2, 0) is 6.54 Å². The van der Waals surface area contributed by atoms with Crippen LogP contribution in [0.1, 0.15) is 15.9 Å². The SMILES string of the molecule is COc1ccc(CNC(=O)c2cc(N)cc(Br)c2)cn1. The lowest BCUT2D eigenvalue weighted by atomic mass is 10.2. The van der Waals surface area contributed by atoms with E-state index in [1.807, 2.05) is 6.07 Å². The molecular weight excluding hydrogens is 322 g/mol. The summed E-state index contributed by atoms with van der Waals surface area (Å²) in [6, 6.07) is 8.69. The zero-order valence-corrected chi connectivity index (χ0v) is 12.5. The number of carbonyl (C=O) groups is 1. The van der Waals surface area contributed by atoms with Crippen LogP contribution >= 0.6 is 15.9 Å². The minimum Gasteiger partial charge on any atom is -0.481 e. The quantitative estimate of drug-likeness (QED) is 0.841. The zero-order chi connectivity index (χ0) is 14.5. The topological polar surface area (TPSA) is 77.2 Å². The molecule has 0 spiro atoms. The first kappa shape index (κ1) is 14.3. The molecule has 2 aromatic rings. The fourth-order valence-corrected chi connectivity index (χ4v) is 2.18. The fourth-order valence-electron chi connectivity index (χ4n) is 1.66. The molecule has 1 amide bonds. The van der Waals surface area contributed by atoms with Gasteiger partial charge in [0.05, 0.1) is 7.11 Å². The number of benzene rings is 1. The lowest BCUT2D eigenvalue weighted by Gasteiger charge is -2.07. The van der Waals surface area contributed by atoms with Crippen LogP contribution < -0.4 is 15.8 Å². The van der Waals surface area contributed by atoms with Crippen molar-refractivity contribution in [1.29, 1.82) is 0 Å². The summed E-state index contributed by atoms with van der Waals surface area (Å²) in [6.07, 6.45) is 1.66. The van der Waals surface area contributed by atoms with E-state index in [9.17, 15) is 4.79 Å². The molecule has 3 N–H and O–H groups in total. The Morgan fingerprint density at radius 3 is 2.80 bits per heavy atom. The number of pyridine rings is 1. The Bertz CT molecular complexity index is 594. The normalized spacial score (nSPS) is 10.1. The summed E-state index contributed by atoms with van der Waals surface area (Å²) in [7, 11) is 1.56. The van der Waals surface area contributed by atoms with E-state index in [1.165, 1.54) is 0 Å². The van der Waals surface area contributed by atoms with Crippen molar-refractivity contribution >= 4 is 27.5 Å². The van der Waals surface area contributed by atoms with E-state index in [-0.39, 0.29) is 5.91 Å². The molecule has 20 heavy (non-hydrogen) atoms. The second kappa shape index (κ2) is 6.38. The third-order valence-corrected chi connectivity index (χ3v) is 3.10. The summed E-state index contributed by atoms with van der Waals surface area (Å²) in [5.41, 5.74) is 7.64. The first-order valence-corrected chi connectivity index (χ1v) is 6.71. The summed E-state index contributed by atoms with van der Waals surface area (Å²) in [5.74, 6) is 0.355. The van der Waals surface area contributed by atoms with Crippen molar-refractivity contribution in [3.63, 3.8) is 0 Å². The maximum Gasteiger partial charge on any atom is 0.251 e. The summed E-state index contributed by atoms with van der Waals surface area (Å²) in [6.45, 7) is 0.391. The minimum absolute atomic E-state index is 0.186. The molecule has 0 saturated carbocycles. The molecule has 1 aromatic heterocycles. The number of ether oxygens (including phenoxy) is 1. The summed E-state index contributed by atoms with van der Waals surface area (Å²) >= 11 is 3.31. The third kappa shape index (κ3) is 3.71. The second-order valence-corrected chi connectivity index (χ2v) is 5.08.